The van der Waals surface area contributed by atoms with Crippen LogP contribution in [0.1, 0.15) is 13.3 Å². The van der Waals surface area contributed by atoms with Gasteiger partial charge in [0.05, 0.1) is 6.54 Å². The molecule has 1 aromatic rings. The fraction of sp³-hybridized carbons (Fsp3) is 0.417. The summed E-state index contributed by atoms with van der Waals surface area (Å²) in [7, 11) is 0. The molecule has 1 unspecified atom stereocenters. The zero-order valence-corrected chi connectivity index (χ0v) is 10.0. The summed E-state index contributed by atoms with van der Waals surface area (Å²) < 4.78 is 5.60. The summed E-state index contributed by atoms with van der Waals surface area (Å²) in [6.45, 7) is 2.40. The van der Waals surface area contributed by atoms with Gasteiger partial charge in [-0.15, -0.1) is 11.6 Å². The molecule has 0 saturated heterocycles. The fourth-order valence-electron chi connectivity index (χ4n) is 1.20. The number of hydrogen-bond acceptors (Lipinski definition) is 2. The summed E-state index contributed by atoms with van der Waals surface area (Å²) in [6, 6.07) is 9.52. The Morgan fingerprint density at radius 1 is 1.44 bits per heavy atom. The van der Waals surface area contributed by atoms with E-state index in [-0.39, 0.29) is 12.0 Å². The molecule has 0 radical (unpaired) electrons. The van der Waals surface area contributed by atoms with E-state index in [0.717, 1.165) is 5.75 Å². The first-order valence-electron chi connectivity index (χ1n) is 5.26. The molecule has 0 aliphatic rings. The van der Waals surface area contributed by atoms with Gasteiger partial charge in [0, 0.05) is 12.3 Å². The Hall–Kier alpha value is -1.22. The van der Waals surface area contributed by atoms with E-state index in [1.165, 1.54) is 0 Å². The molecular formula is C12H16ClNO2. The van der Waals surface area contributed by atoms with Gasteiger partial charge in [-0.05, 0) is 19.1 Å². The van der Waals surface area contributed by atoms with E-state index in [1.54, 1.807) is 0 Å². The SMILES string of the molecule is CC(CNC(=O)CCCl)Oc1ccccc1. The van der Waals surface area contributed by atoms with Crippen LogP contribution in [0.4, 0.5) is 0 Å². The second-order valence-electron chi connectivity index (χ2n) is 3.48. The van der Waals surface area contributed by atoms with Crippen LogP contribution in [0.2, 0.25) is 0 Å². The predicted molar refractivity (Wildman–Crippen MR) is 64.9 cm³/mol. The van der Waals surface area contributed by atoms with Gasteiger partial charge < -0.3 is 10.1 Å². The summed E-state index contributed by atoms with van der Waals surface area (Å²) in [5, 5.41) is 2.76. The molecule has 1 amide bonds. The van der Waals surface area contributed by atoms with Gasteiger partial charge in [0.2, 0.25) is 5.91 Å². The molecule has 0 aliphatic heterocycles. The summed E-state index contributed by atoms with van der Waals surface area (Å²) >= 11 is 5.45. The minimum atomic E-state index is -0.0540. The maximum Gasteiger partial charge on any atom is 0.221 e. The van der Waals surface area contributed by atoms with Crippen LogP contribution in [0.25, 0.3) is 0 Å². The third-order valence-electron chi connectivity index (χ3n) is 1.99. The van der Waals surface area contributed by atoms with Crippen molar-refractivity contribution in [2.24, 2.45) is 0 Å². The fourth-order valence-corrected chi connectivity index (χ4v) is 1.38. The van der Waals surface area contributed by atoms with E-state index in [0.29, 0.717) is 18.8 Å². The third kappa shape index (κ3) is 5.03. The van der Waals surface area contributed by atoms with Crippen molar-refractivity contribution in [1.29, 1.82) is 0 Å². The van der Waals surface area contributed by atoms with Crippen molar-refractivity contribution in [2.45, 2.75) is 19.4 Å². The molecule has 88 valence electrons. The molecule has 0 aliphatic carbocycles. The Balaban J connectivity index is 2.26. The molecule has 0 heterocycles. The molecule has 1 rings (SSSR count). The normalized spacial score (nSPS) is 11.9. The van der Waals surface area contributed by atoms with Crippen LogP contribution in [0.5, 0.6) is 5.75 Å². The molecule has 0 bridgehead atoms. The highest BCUT2D eigenvalue weighted by molar-refractivity contribution is 6.18. The van der Waals surface area contributed by atoms with Gasteiger partial charge in [-0.3, -0.25) is 4.79 Å². The van der Waals surface area contributed by atoms with Gasteiger partial charge in [0.25, 0.3) is 0 Å². The highest BCUT2D eigenvalue weighted by atomic mass is 35.5. The molecule has 0 fully saturated rings. The minimum Gasteiger partial charge on any atom is -0.489 e. The number of nitrogens with one attached hydrogen (secondary N) is 1. The van der Waals surface area contributed by atoms with Gasteiger partial charge >= 0.3 is 0 Å². The van der Waals surface area contributed by atoms with Gasteiger partial charge in [0.15, 0.2) is 0 Å². The topological polar surface area (TPSA) is 38.3 Å². The third-order valence-corrected chi connectivity index (χ3v) is 2.18. The van der Waals surface area contributed by atoms with Gasteiger partial charge in [0.1, 0.15) is 11.9 Å². The molecule has 0 saturated carbocycles. The molecule has 16 heavy (non-hydrogen) atoms. The largest absolute Gasteiger partial charge is 0.489 e. The van der Waals surface area contributed by atoms with Crippen molar-refractivity contribution in [3.05, 3.63) is 30.3 Å². The lowest BCUT2D eigenvalue weighted by molar-refractivity contribution is -0.121. The first-order valence-corrected chi connectivity index (χ1v) is 5.80. The number of hydrogen-bond donors (Lipinski definition) is 1. The van der Waals surface area contributed by atoms with Crippen LogP contribution < -0.4 is 10.1 Å². The summed E-state index contributed by atoms with van der Waals surface area (Å²) in [5.74, 6) is 1.11. The second-order valence-corrected chi connectivity index (χ2v) is 3.86. The summed E-state index contributed by atoms with van der Waals surface area (Å²) in [6.07, 6.45) is 0.293. The number of carbonyl (C=O) groups is 1. The minimum absolute atomic E-state index is 0.0430. The average Bonchev–Trinajstić information content (AvgIpc) is 2.28. The highest BCUT2D eigenvalue weighted by Crippen LogP contribution is 2.10. The molecule has 1 atom stereocenters. The zero-order valence-electron chi connectivity index (χ0n) is 9.28. The number of ether oxygens (including phenoxy) is 1. The number of alkyl halides is 1. The number of para-hydroxylation sites is 1. The molecule has 0 spiro atoms. The van der Waals surface area contributed by atoms with E-state index in [9.17, 15) is 4.79 Å². The van der Waals surface area contributed by atoms with E-state index < -0.39 is 0 Å². The lowest BCUT2D eigenvalue weighted by Gasteiger charge is -2.15. The monoisotopic (exact) mass is 241 g/mol. The van der Waals surface area contributed by atoms with Crippen molar-refractivity contribution in [2.75, 3.05) is 12.4 Å². The van der Waals surface area contributed by atoms with E-state index in [2.05, 4.69) is 5.32 Å². The van der Waals surface area contributed by atoms with E-state index in [1.807, 2.05) is 37.3 Å². The first kappa shape index (κ1) is 12.8. The van der Waals surface area contributed by atoms with Crippen molar-refractivity contribution < 1.29 is 9.53 Å². The van der Waals surface area contributed by atoms with E-state index >= 15 is 0 Å². The Labute approximate surface area is 101 Å². The molecule has 1 N–H and O–H groups in total. The van der Waals surface area contributed by atoms with Gasteiger partial charge in [-0.25, -0.2) is 0 Å². The average molecular weight is 242 g/mol. The Morgan fingerprint density at radius 2 is 2.12 bits per heavy atom. The van der Waals surface area contributed by atoms with Gasteiger partial charge in [-0.2, -0.15) is 0 Å². The molecule has 1 aromatic carbocycles. The van der Waals surface area contributed by atoms with Gasteiger partial charge in [-0.1, -0.05) is 18.2 Å². The van der Waals surface area contributed by atoms with Crippen molar-refractivity contribution in [1.82, 2.24) is 5.32 Å². The predicted octanol–water partition coefficient (Wildman–Crippen LogP) is 2.20. The van der Waals surface area contributed by atoms with Crippen LogP contribution in [0, 0.1) is 0 Å². The van der Waals surface area contributed by atoms with Crippen LogP contribution in [0.15, 0.2) is 30.3 Å². The van der Waals surface area contributed by atoms with E-state index in [4.69, 9.17) is 16.3 Å². The molecule has 3 nitrogen and oxygen atoms in total. The summed E-state index contributed by atoms with van der Waals surface area (Å²) in [4.78, 5) is 11.1. The quantitative estimate of drug-likeness (QED) is 0.776. The lowest BCUT2D eigenvalue weighted by Crippen LogP contribution is -2.33. The molecule has 4 heteroatoms. The Bertz CT molecular complexity index is 316. The number of amides is 1. The van der Waals surface area contributed by atoms with Crippen LogP contribution in [-0.2, 0) is 4.79 Å². The van der Waals surface area contributed by atoms with Crippen LogP contribution >= 0.6 is 11.6 Å². The second kappa shape index (κ2) is 7.12. The smallest absolute Gasteiger partial charge is 0.221 e. The zero-order chi connectivity index (χ0) is 11.8. The lowest BCUT2D eigenvalue weighted by atomic mass is 10.3. The Kier molecular flexibility index (Phi) is 5.72. The maximum atomic E-state index is 11.1. The summed E-state index contributed by atoms with van der Waals surface area (Å²) in [5.41, 5.74) is 0. The van der Waals surface area contributed by atoms with Crippen molar-refractivity contribution in [3.8, 4) is 5.75 Å². The first-order chi connectivity index (χ1) is 7.72. The number of benzene rings is 1. The van der Waals surface area contributed by atoms with Crippen LogP contribution in [-0.4, -0.2) is 24.4 Å². The Morgan fingerprint density at radius 3 is 2.75 bits per heavy atom. The number of carbonyl (C=O) groups excluding carboxylic acids is 1. The number of halogens is 1. The number of rotatable bonds is 6. The standard InChI is InChI=1S/C12H16ClNO2/c1-10(9-14-12(15)7-8-13)16-11-5-3-2-4-6-11/h2-6,10H,7-9H2,1H3,(H,14,15). The maximum absolute atomic E-state index is 11.1. The van der Waals surface area contributed by atoms with Crippen LogP contribution in [0.3, 0.4) is 0 Å². The molecular weight excluding hydrogens is 226 g/mol. The molecule has 0 aromatic heterocycles. The van der Waals surface area contributed by atoms with Crippen molar-refractivity contribution >= 4 is 17.5 Å². The van der Waals surface area contributed by atoms with Crippen molar-refractivity contribution in [3.63, 3.8) is 0 Å². The highest BCUT2D eigenvalue weighted by Gasteiger charge is 2.06.